The van der Waals surface area contributed by atoms with Gasteiger partial charge >= 0.3 is 11.0 Å². The highest BCUT2D eigenvalue weighted by Crippen LogP contribution is 2.69. The van der Waals surface area contributed by atoms with Crippen molar-refractivity contribution in [3.8, 4) is 5.75 Å². The van der Waals surface area contributed by atoms with Crippen LogP contribution in [0.2, 0.25) is 0 Å². The largest absolute Gasteiger partial charge is 0.483 e. The maximum absolute atomic E-state index is 14.0. The van der Waals surface area contributed by atoms with E-state index in [2.05, 4.69) is 10.3 Å². The van der Waals surface area contributed by atoms with E-state index < -0.39 is 53.0 Å². The fourth-order valence-corrected chi connectivity index (χ4v) is 11.1. The summed E-state index contributed by atoms with van der Waals surface area (Å²) in [5, 5.41) is 3.18. The Balaban J connectivity index is 1.12. The van der Waals surface area contributed by atoms with E-state index in [9.17, 15) is 36.7 Å². The first kappa shape index (κ1) is 30.9. The van der Waals surface area contributed by atoms with Gasteiger partial charge in [0.05, 0.1) is 28.1 Å². The Hall–Kier alpha value is -4.43. The molecule has 4 aromatic rings. The Morgan fingerprint density at radius 3 is 2.44 bits per heavy atom. The van der Waals surface area contributed by atoms with Crippen molar-refractivity contribution in [2.45, 2.75) is 28.8 Å². The number of H-pyrrole nitrogens is 1. The molecule has 2 bridgehead atoms. The molecule has 1 aromatic heterocycles. The summed E-state index contributed by atoms with van der Waals surface area (Å²) in [5.41, 5.74) is 0.0799. The number of amides is 3. The van der Waals surface area contributed by atoms with Gasteiger partial charge in [-0.25, -0.2) is 4.39 Å². The molecule has 2 aliphatic carbocycles. The fourth-order valence-electron chi connectivity index (χ4n) is 8.18. The summed E-state index contributed by atoms with van der Waals surface area (Å²) >= 11 is 2.55. The van der Waals surface area contributed by atoms with Crippen molar-refractivity contribution in [3.05, 3.63) is 104 Å². The van der Waals surface area contributed by atoms with E-state index in [0.717, 1.165) is 38.8 Å². The van der Waals surface area contributed by atoms with Gasteiger partial charge in [-0.2, -0.15) is 13.2 Å². The van der Waals surface area contributed by atoms with Gasteiger partial charge in [0.1, 0.15) is 11.6 Å². The van der Waals surface area contributed by atoms with E-state index in [4.69, 9.17) is 4.74 Å². The van der Waals surface area contributed by atoms with Crippen LogP contribution in [-0.2, 0) is 20.6 Å². The number of carbonyl (C=O) groups is 3. The van der Waals surface area contributed by atoms with E-state index >= 15 is 0 Å². The van der Waals surface area contributed by atoms with Gasteiger partial charge in [0.2, 0.25) is 11.8 Å². The van der Waals surface area contributed by atoms with E-state index in [1.807, 2.05) is 12.1 Å². The molecule has 0 spiro atoms. The number of hydrogen-bond donors (Lipinski definition) is 2. The lowest BCUT2D eigenvalue weighted by molar-refractivity contribution is -0.137. The Morgan fingerprint density at radius 1 is 0.958 bits per heavy atom. The Morgan fingerprint density at radius 2 is 1.69 bits per heavy atom. The average molecular weight is 696 g/mol. The number of thiazole rings is 1. The SMILES string of the molecule is O=C(COc1ccccc1[C@H]1c2sc(=O)[nH]c2SC2C1[C@H]1C[C@@H]2C2C(=O)N(c3cccc(C(F)(F)F)c3)C(=O)C21)Nc1ccc(F)cc1. The molecule has 8 nitrogen and oxygen atoms in total. The normalized spacial score (nSPS) is 27.1. The number of imide groups is 1. The summed E-state index contributed by atoms with van der Waals surface area (Å²) in [5.74, 6) is -4.02. The van der Waals surface area contributed by atoms with Gasteiger partial charge < -0.3 is 15.0 Å². The van der Waals surface area contributed by atoms with Crippen molar-refractivity contribution in [1.82, 2.24) is 4.98 Å². The van der Waals surface area contributed by atoms with Crippen LogP contribution in [0.15, 0.2) is 82.6 Å². The quantitative estimate of drug-likeness (QED) is 0.181. The van der Waals surface area contributed by atoms with Crippen LogP contribution in [0.1, 0.15) is 28.3 Å². The lowest BCUT2D eigenvalue weighted by Gasteiger charge is -2.43. The molecule has 3 heterocycles. The number of rotatable bonds is 6. The standard InChI is InChI=1S/C34H25F4N3O5S2/c35-16-8-10-17(11-9-16)39-23(42)14-46-22-7-2-1-6-19(22)24-25-20-13-21(28(25)47-30-29(24)48-33(45)40-30)27-26(20)31(43)41(32(27)44)18-5-3-4-15(12-18)34(36,37)38/h1-12,20-21,24-28H,13-14H2,(H,39,42)(H,40,45)/t20-,21-,24-,25?,26?,27?,28?/m1/s1. The van der Waals surface area contributed by atoms with Crippen molar-refractivity contribution in [2.75, 3.05) is 16.8 Å². The molecular weight excluding hydrogens is 671 g/mol. The molecule has 8 rings (SSSR count). The minimum Gasteiger partial charge on any atom is -0.483 e. The smallest absolute Gasteiger partial charge is 0.416 e. The van der Waals surface area contributed by atoms with Crippen molar-refractivity contribution in [1.29, 1.82) is 0 Å². The third-order valence-electron chi connectivity index (χ3n) is 9.90. The van der Waals surface area contributed by atoms with Crippen LogP contribution < -0.4 is 19.8 Å². The fraction of sp³-hybridized carbons (Fsp3) is 0.294. The number of hydrogen-bond acceptors (Lipinski definition) is 7. The van der Waals surface area contributed by atoms with E-state index in [1.54, 1.807) is 12.1 Å². The molecule has 2 saturated carbocycles. The number of fused-ring (bicyclic) bond motifs is 9. The number of ether oxygens (including phenoxy) is 1. The summed E-state index contributed by atoms with van der Waals surface area (Å²) in [6.07, 6.45) is -4.05. The molecule has 2 N–H and O–H groups in total. The number of aromatic nitrogens is 1. The zero-order valence-corrected chi connectivity index (χ0v) is 26.3. The molecule has 14 heteroatoms. The highest BCUT2D eigenvalue weighted by Gasteiger charge is 2.70. The molecule has 2 aliphatic heterocycles. The Bertz CT molecular complexity index is 2030. The second-order valence-electron chi connectivity index (χ2n) is 12.4. The van der Waals surface area contributed by atoms with Crippen LogP contribution >= 0.6 is 23.1 Å². The lowest BCUT2D eigenvalue weighted by Crippen LogP contribution is -2.42. The minimum atomic E-state index is -4.64. The number of aromatic amines is 1. The van der Waals surface area contributed by atoms with Crippen LogP contribution in [0.4, 0.5) is 28.9 Å². The molecule has 4 aliphatic rings. The lowest BCUT2D eigenvalue weighted by atomic mass is 9.68. The van der Waals surface area contributed by atoms with E-state index in [0.29, 0.717) is 22.9 Å². The molecule has 48 heavy (non-hydrogen) atoms. The number of carbonyl (C=O) groups excluding carboxylic acids is 3. The molecule has 3 fully saturated rings. The molecular formula is C34H25F4N3O5S2. The van der Waals surface area contributed by atoms with Crippen LogP contribution in [0.25, 0.3) is 0 Å². The van der Waals surface area contributed by atoms with Gasteiger partial charge in [-0.05, 0) is 72.7 Å². The summed E-state index contributed by atoms with van der Waals surface area (Å²) in [6.45, 7) is -0.351. The number of halogens is 4. The Kier molecular flexibility index (Phi) is 7.29. The third-order valence-corrected chi connectivity index (χ3v) is 12.5. The first-order valence-electron chi connectivity index (χ1n) is 15.2. The first-order chi connectivity index (χ1) is 23.0. The number of nitrogens with one attached hydrogen (secondary N) is 2. The predicted octanol–water partition coefficient (Wildman–Crippen LogP) is 6.29. The summed E-state index contributed by atoms with van der Waals surface area (Å²) in [4.78, 5) is 57.7. The second kappa shape index (κ2) is 11.3. The van der Waals surface area contributed by atoms with Crippen molar-refractivity contribution < 1.29 is 36.7 Å². The van der Waals surface area contributed by atoms with Gasteiger partial charge in [0.15, 0.2) is 6.61 Å². The zero-order valence-electron chi connectivity index (χ0n) is 24.7. The van der Waals surface area contributed by atoms with Gasteiger partial charge in [-0.1, -0.05) is 35.6 Å². The molecule has 246 valence electrons. The number of benzene rings is 3. The average Bonchev–Trinajstić information content (AvgIpc) is 3.79. The van der Waals surface area contributed by atoms with Gasteiger partial charge in [-0.15, -0.1) is 11.8 Å². The predicted molar refractivity (Wildman–Crippen MR) is 169 cm³/mol. The summed E-state index contributed by atoms with van der Waals surface area (Å²) < 4.78 is 59.9. The molecule has 3 aromatic carbocycles. The topological polar surface area (TPSA) is 109 Å². The second-order valence-corrected chi connectivity index (χ2v) is 14.6. The van der Waals surface area contributed by atoms with Crippen molar-refractivity contribution >= 4 is 52.2 Å². The minimum absolute atomic E-state index is 0.0955. The number of para-hydroxylation sites is 1. The molecule has 1 saturated heterocycles. The number of thioether (sulfide) groups is 1. The summed E-state index contributed by atoms with van der Waals surface area (Å²) in [7, 11) is 0. The number of nitrogens with zero attached hydrogens (tertiary/aromatic N) is 1. The summed E-state index contributed by atoms with van der Waals surface area (Å²) in [6, 6.07) is 16.8. The highest BCUT2D eigenvalue weighted by molar-refractivity contribution is 8.00. The van der Waals surface area contributed by atoms with Crippen molar-refractivity contribution in [3.63, 3.8) is 0 Å². The van der Waals surface area contributed by atoms with Crippen molar-refractivity contribution in [2.24, 2.45) is 29.6 Å². The van der Waals surface area contributed by atoms with Crippen LogP contribution in [0, 0.1) is 35.4 Å². The van der Waals surface area contributed by atoms with Crippen LogP contribution in [0.3, 0.4) is 0 Å². The van der Waals surface area contributed by atoms with E-state index in [-0.39, 0.29) is 40.2 Å². The zero-order chi connectivity index (χ0) is 33.5. The Labute approximate surface area is 278 Å². The molecule has 0 radical (unpaired) electrons. The van der Waals surface area contributed by atoms with Crippen LogP contribution in [0.5, 0.6) is 5.75 Å². The maximum Gasteiger partial charge on any atom is 0.416 e. The molecule has 3 amide bonds. The van der Waals surface area contributed by atoms with Gasteiger partial charge in [0.25, 0.3) is 5.91 Å². The maximum atomic E-state index is 14.0. The third kappa shape index (κ3) is 4.95. The number of anilines is 2. The van der Waals surface area contributed by atoms with Crippen LogP contribution in [-0.4, -0.2) is 34.6 Å². The molecule has 7 atom stereocenters. The monoisotopic (exact) mass is 695 g/mol. The molecule has 4 unspecified atom stereocenters. The van der Waals surface area contributed by atoms with Gasteiger partial charge in [-0.3, -0.25) is 24.1 Å². The first-order valence-corrected chi connectivity index (χ1v) is 16.9. The van der Waals surface area contributed by atoms with E-state index in [1.165, 1.54) is 48.2 Å². The highest BCUT2D eigenvalue weighted by atomic mass is 32.2. The number of alkyl halides is 3. The van der Waals surface area contributed by atoms with Gasteiger partial charge in [0, 0.05) is 27.3 Å².